The van der Waals surface area contributed by atoms with E-state index in [1.807, 2.05) is 12.1 Å². The first-order valence-electron chi connectivity index (χ1n) is 9.57. The normalized spacial score (nSPS) is 12.4. The Kier molecular flexibility index (Phi) is 4.99. The van der Waals surface area contributed by atoms with Crippen LogP contribution in [0.3, 0.4) is 0 Å². The lowest BCUT2D eigenvalue weighted by Crippen LogP contribution is -2.01. The molecular formula is C26H17BrCl2. The molecule has 0 saturated heterocycles. The Morgan fingerprint density at radius 2 is 1.00 bits per heavy atom. The summed E-state index contributed by atoms with van der Waals surface area (Å²) >= 11 is 16.5. The highest BCUT2D eigenvalue weighted by molar-refractivity contribution is 9.10. The summed E-state index contributed by atoms with van der Waals surface area (Å²) in [6.45, 7) is 0. The summed E-state index contributed by atoms with van der Waals surface area (Å²) in [5.74, 6) is 0. The zero-order valence-electron chi connectivity index (χ0n) is 15.6. The molecule has 0 heterocycles. The van der Waals surface area contributed by atoms with E-state index in [0.717, 1.165) is 22.9 Å². The van der Waals surface area contributed by atoms with E-state index in [4.69, 9.17) is 23.2 Å². The van der Waals surface area contributed by atoms with E-state index in [9.17, 15) is 0 Å². The summed E-state index contributed by atoms with van der Waals surface area (Å²) in [6, 6.07) is 27.8. The van der Waals surface area contributed by atoms with Crippen LogP contribution in [0.5, 0.6) is 0 Å². The molecule has 5 rings (SSSR count). The van der Waals surface area contributed by atoms with E-state index in [-0.39, 0.29) is 0 Å². The maximum atomic E-state index is 6.44. The van der Waals surface area contributed by atoms with Gasteiger partial charge in [-0.25, -0.2) is 0 Å². The van der Waals surface area contributed by atoms with Crippen molar-refractivity contribution in [3.05, 3.63) is 105 Å². The molecule has 1 aliphatic carbocycles. The van der Waals surface area contributed by atoms with Crippen molar-refractivity contribution in [3.63, 3.8) is 0 Å². The summed E-state index contributed by atoms with van der Waals surface area (Å²) in [4.78, 5) is 0. The number of rotatable bonds is 0. The van der Waals surface area contributed by atoms with Crippen molar-refractivity contribution in [2.24, 2.45) is 0 Å². The molecule has 0 nitrogen and oxygen atoms in total. The monoisotopic (exact) mass is 478 g/mol. The Morgan fingerprint density at radius 3 is 1.62 bits per heavy atom. The molecule has 0 unspecified atom stereocenters. The second-order valence-electron chi connectivity index (χ2n) is 7.32. The molecule has 3 heteroatoms. The number of benzene rings is 4. The molecule has 142 valence electrons. The first kappa shape index (κ1) is 18.9. The van der Waals surface area contributed by atoms with Crippen LogP contribution < -0.4 is 0 Å². The molecule has 0 spiro atoms. The van der Waals surface area contributed by atoms with Gasteiger partial charge in [-0.3, -0.25) is 0 Å². The van der Waals surface area contributed by atoms with Crippen LogP contribution in [0, 0.1) is 0 Å². The average Bonchev–Trinajstić information content (AvgIpc) is 2.74. The molecule has 0 fully saturated rings. The van der Waals surface area contributed by atoms with Crippen molar-refractivity contribution in [1.82, 2.24) is 0 Å². The molecule has 0 bridgehead atoms. The number of aryl methyl sites for hydroxylation is 2. The van der Waals surface area contributed by atoms with Gasteiger partial charge in [0, 0.05) is 4.47 Å². The van der Waals surface area contributed by atoms with Crippen molar-refractivity contribution in [1.29, 1.82) is 0 Å². The Hall–Kier alpha value is -2.06. The van der Waals surface area contributed by atoms with Gasteiger partial charge in [0.1, 0.15) is 0 Å². The highest BCUT2D eigenvalue weighted by Gasteiger charge is 2.19. The lowest BCUT2D eigenvalue weighted by molar-refractivity contribution is 0.963. The van der Waals surface area contributed by atoms with Crippen LogP contribution in [-0.4, -0.2) is 0 Å². The van der Waals surface area contributed by atoms with Gasteiger partial charge in [0.15, 0.2) is 0 Å². The maximum Gasteiger partial charge on any atom is 0.0598 e. The van der Waals surface area contributed by atoms with E-state index >= 15 is 0 Å². The van der Waals surface area contributed by atoms with Crippen LogP contribution in [0.1, 0.15) is 11.1 Å². The average molecular weight is 480 g/mol. The highest BCUT2D eigenvalue weighted by atomic mass is 79.9. The van der Waals surface area contributed by atoms with E-state index in [1.54, 1.807) is 0 Å². The predicted octanol–water partition coefficient (Wildman–Crippen LogP) is 8.86. The molecule has 0 radical (unpaired) electrons. The van der Waals surface area contributed by atoms with Crippen molar-refractivity contribution in [2.45, 2.75) is 12.8 Å². The smallest absolute Gasteiger partial charge is 0.0598 e. The third kappa shape index (κ3) is 3.42. The van der Waals surface area contributed by atoms with Crippen LogP contribution in [0.25, 0.3) is 33.4 Å². The predicted molar refractivity (Wildman–Crippen MR) is 128 cm³/mol. The van der Waals surface area contributed by atoms with Crippen molar-refractivity contribution in [3.8, 4) is 33.4 Å². The minimum atomic E-state index is 0.592. The molecule has 0 amide bonds. The van der Waals surface area contributed by atoms with Crippen LogP contribution in [0.4, 0.5) is 0 Å². The quantitative estimate of drug-likeness (QED) is 0.236. The number of hydrogen-bond donors (Lipinski definition) is 0. The summed E-state index contributed by atoms with van der Waals surface area (Å²) in [7, 11) is 0. The van der Waals surface area contributed by atoms with Gasteiger partial charge in [-0.05, 0) is 81.6 Å². The van der Waals surface area contributed by atoms with E-state index in [1.165, 1.54) is 38.9 Å². The standard InChI is InChI=1S/C26H17BrCl2/c27-18-12-11-16-9-10-17-13-25(28)26(29)15-24(17)22-8-4-2-6-20(22)19-5-1-3-7-21(19)23(16)14-18/h1-8,11-15H,9-10H2. The van der Waals surface area contributed by atoms with Crippen molar-refractivity contribution >= 4 is 39.1 Å². The van der Waals surface area contributed by atoms with Gasteiger partial charge < -0.3 is 0 Å². The second kappa shape index (κ2) is 7.65. The molecule has 0 aliphatic heterocycles. The lowest BCUT2D eigenvalue weighted by atomic mass is 9.83. The molecule has 0 aromatic heterocycles. The Balaban J connectivity index is 1.89. The van der Waals surface area contributed by atoms with E-state index in [0.29, 0.717) is 10.0 Å². The molecular weight excluding hydrogens is 463 g/mol. The fourth-order valence-electron chi connectivity index (χ4n) is 4.24. The van der Waals surface area contributed by atoms with Gasteiger partial charge in [-0.2, -0.15) is 0 Å². The summed E-state index contributed by atoms with van der Waals surface area (Å²) in [6.07, 6.45) is 1.83. The maximum absolute atomic E-state index is 6.44. The first-order chi connectivity index (χ1) is 14.1. The fraction of sp³-hybridized carbons (Fsp3) is 0.0769. The van der Waals surface area contributed by atoms with Crippen LogP contribution in [0.2, 0.25) is 10.0 Å². The summed E-state index contributed by atoms with van der Waals surface area (Å²) in [5.41, 5.74) is 9.85. The number of halogens is 3. The highest BCUT2D eigenvalue weighted by Crippen LogP contribution is 2.43. The van der Waals surface area contributed by atoms with Gasteiger partial charge >= 0.3 is 0 Å². The summed E-state index contributed by atoms with van der Waals surface area (Å²) < 4.78 is 1.09. The zero-order valence-corrected chi connectivity index (χ0v) is 18.7. The van der Waals surface area contributed by atoms with Crippen molar-refractivity contribution in [2.75, 3.05) is 0 Å². The summed E-state index contributed by atoms with van der Waals surface area (Å²) in [5, 5.41) is 1.20. The molecule has 0 N–H and O–H groups in total. The number of fused-ring (bicyclic) bond motifs is 7. The molecule has 0 atom stereocenters. The third-order valence-corrected chi connectivity index (χ3v) is 6.82. The minimum absolute atomic E-state index is 0.592. The van der Waals surface area contributed by atoms with Gasteiger partial charge in [0.2, 0.25) is 0 Å². The molecule has 4 aromatic rings. The van der Waals surface area contributed by atoms with E-state index in [2.05, 4.69) is 82.7 Å². The Labute approximate surface area is 189 Å². The molecule has 1 aliphatic rings. The topological polar surface area (TPSA) is 0 Å². The van der Waals surface area contributed by atoms with Gasteiger partial charge in [-0.1, -0.05) is 93.7 Å². The number of hydrogen-bond acceptors (Lipinski definition) is 0. The fourth-order valence-corrected chi connectivity index (χ4v) is 4.95. The molecule has 0 saturated carbocycles. The lowest BCUT2D eigenvalue weighted by Gasteiger charge is -2.21. The first-order valence-corrected chi connectivity index (χ1v) is 11.1. The van der Waals surface area contributed by atoms with Crippen LogP contribution >= 0.6 is 39.1 Å². The van der Waals surface area contributed by atoms with Gasteiger partial charge in [0.25, 0.3) is 0 Å². The van der Waals surface area contributed by atoms with Crippen LogP contribution in [0.15, 0.2) is 83.3 Å². The molecule has 29 heavy (non-hydrogen) atoms. The SMILES string of the molecule is Clc1cc2c(cc1Cl)-c1ccccc1-c1ccccc1-c1cc(Br)ccc1CC2. The van der Waals surface area contributed by atoms with Gasteiger partial charge in [0.05, 0.1) is 10.0 Å². The Bertz CT molecular complexity index is 1240. The molecule has 4 aromatic carbocycles. The van der Waals surface area contributed by atoms with E-state index < -0.39 is 0 Å². The second-order valence-corrected chi connectivity index (χ2v) is 9.05. The van der Waals surface area contributed by atoms with Gasteiger partial charge in [-0.15, -0.1) is 0 Å². The minimum Gasteiger partial charge on any atom is -0.0827 e. The third-order valence-electron chi connectivity index (χ3n) is 5.61. The van der Waals surface area contributed by atoms with Crippen molar-refractivity contribution < 1.29 is 0 Å². The van der Waals surface area contributed by atoms with Crippen LogP contribution in [-0.2, 0) is 12.8 Å². The largest absolute Gasteiger partial charge is 0.0827 e. The zero-order chi connectivity index (χ0) is 20.0. The Morgan fingerprint density at radius 1 is 0.517 bits per heavy atom.